The molecule has 2 amide bonds. The average Bonchev–Trinajstić information content (AvgIpc) is 3.28. The number of rotatable bonds is 9. The Kier molecular flexibility index (Phi) is 7.96. The topological polar surface area (TPSA) is 86.8 Å². The van der Waals surface area contributed by atoms with Gasteiger partial charge in [-0.1, -0.05) is 60.1 Å². The predicted octanol–water partition coefficient (Wildman–Crippen LogP) is 4.28. The highest BCUT2D eigenvalue weighted by Gasteiger charge is 2.28. The minimum Gasteiger partial charge on any atom is -0.350 e. The second-order valence-corrected chi connectivity index (χ2v) is 11.0. The molecule has 7 nitrogen and oxygen atoms in total. The number of likely N-dealkylation sites (tertiary alicyclic amines) is 1. The van der Waals surface area contributed by atoms with Gasteiger partial charge in [0.15, 0.2) is 0 Å². The van der Waals surface area contributed by atoms with Gasteiger partial charge in [-0.25, -0.2) is 8.42 Å². The van der Waals surface area contributed by atoms with Crippen LogP contribution in [0, 0.1) is 6.92 Å². The number of halogens is 1. The number of carbonyl (C=O) groups excluding carboxylic acids is 2. The average molecular weight is 526 g/mol. The molecule has 9 heteroatoms. The van der Waals surface area contributed by atoms with Gasteiger partial charge in [0, 0.05) is 31.1 Å². The van der Waals surface area contributed by atoms with Crippen LogP contribution in [0.15, 0.2) is 77.7 Å². The van der Waals surface area contributed by atoms with Gasteiger partial charge in [0.05, 0.1) is 10.6 Å². The molecule has 1 aliphatic heterocycles. The Morgan fingerprint density at radius 1 is 1.00 bits per heavy atom. The Bertz CT molecular complexity index is 1350. The highest BCUT2D eigenvalue weighted by atomic mass is 35.5. The molecule has 1 N–H and O–H groups in total. The molecular formula is C27H28ClN3O4S. The summed E-state index contributed by atoms with van der Waals surface area (Å²) in [5.74, 6) is -0.267. The number of nitrogens with one attached hydrogen (secondary N) is 1. The molecule has 1 aliphatic rings. The standard InChI is InChI=1S/C27H28ClN3O4S/c1-20-24(28)9-5-10-25(20)31(36(34,35)23-7-3-2-4-8-23)19-26(32)29-17-21-12-14-22(15-13-21)18-30-16-6-11-27(30)33/h2-5,7-10,12-15H,6,11,16-19H2,1H3,(H,29,32). The van der Waals surface area contributed by atoms with Crippen molar-refractivity contribution in [3.05, 3.63) is 94.5 Å². The van der Waals surface area contributed by atoms with Crippen molar-refractivity contribution in [3.63, 3.8) is 0 Å². The van der Waals surface area contributed by atoms with Crippen LogP contribution in [0.3, 0.4) is 0 Å². The summed E-state index contributed by atoms with van der Waals surface area (Å²) in [7, 11) is -4.01. The molecule has 1 saturated heterocycles. The van der Waals surface area contributed by atoms with E-state index in [2.05, 4.69) is 5.32 Å². The third kappa shape index (κ3) is 5.88. The lowest BCUT2D eigenvalue weighted by Gasteiger charge is -2.26. The van der Waals surface area contributed by atoms with Gasteiger partial charge in [0.25, 0.3) is 10.0 Å². The van der Waals surface area contributed by atoms with Crippen LogP contribution in [-0.2, 0) is 32.7 Å². The van der Waals surface area contributed by atoms with E-state index in [-0.39, 0.29) is 17.3 Å². The van der Waals surface area contributed by atoms with E-state index < -0.39 is 22.5 Å². The van der Waals surface area contributed by atoms with Crippen LogP contribution in [0.5, 0.6) is 0 Å². The van der Waals surface area contributed by atoms with Gasteiger partial charge in [-0.2, -0.15) is 0 Å². The van der Waals surface area contributed by atoms with Crippen LogP contribution in [0.1, 0.15) is 29.5 Å². The maximum absolute atomic E-state index is 13.5. The van der Waals surface area contributed by atoms with Crippen LogP contribution < -0.4 is 9.62 Å². The number of sulfonamides is 1. The van der Waals surface area contributed by atoms with Crippen molar-refractivity contribution in [2.24, 2.45) is 0 Å². The van der Waals surface area contributed by atoms with Gasteiger partial charge in [-0.15, -0.1) is 0 Å². The number of hydrogen-bond acceptors (Lipinski definition) is 4. The summed E-state index contributed by atoms with van der Waals surface area (Å²) < 4.78 is 28.1. The first kappa shape index (κ1) is 25.7. The maximum Gasteiger partial charge on any atom is 0.264 e. The first-order valence-corrected chi connectivity index (χ1v) is 13.5. The molecule has 0 radical (unpaired) electrons. The van der Waals surface area contributed by atoms with E-state index >= 15 is 0 Å². The maximum atomic E-state index is 13.5. The van der Waals surface area contributed by atoms with Crippen molar-refractivity contribution in [2.75, 3.05) is 17.4 Å². The first-order chi connectivity index (χ1) is 17.3. The van der Waals surface area contributed by atoms with E-state index in [9.17, 15) is 18.0 Å². The summed E-state index contributed by atoms with van der Waals surface area (Å²) in [5.41, 5.74) is 2.81. The van der Waals surface area contributed by atoms with Gasteiger partial charge >= 0.3 is 0 Å². The van der Waals surface area contributed by atoms with Crippen LogP contribution in [0.2, 0.25) is 5.02 Å². The second-order valence-electron chi connectivity index (χ2n) is 8.72. The fourth-order valence-corrected chi connectivity index (χ4v) is 5.80. The van der Waals surface area contributed by atoms with Crippen molar-refractivity contribution in [2.45, 2.75) is 37.8 Å². The van der Waals surface area contributed by atoms with Gasteiger partial charge in [0.1, 0.15) is 6.54 Å². The van der Waals surface area contributed by atoms with Crippen LogP contribution in [-0.4, -0.2) is 38.2 Å². The summed E-state index contributed by atoms with van der Waals surface area (Å²) in [6.07, 6.45) is 1.50. The van der Waals surface area contributed by atoms with Crippen molar-refractivity contribution in [1.82, 2.24) is 10.2 Å². The Labute approximate surface area is 216 Å². The molecule has 0 atom stereocenters. The quantitative estimate of drug-likeness (QED) is 0.451. The Morgan fingerprint density at radius 3 is 2.36 bits per heavy atom. The van der Waals surface area contributed by atoms with E-state index in [0.29, 0.717) is 29.2 Å². The largest absolute Gasteiger partial charge is 0.350 e. The van der Waals surface area contributed by atoms with Crippen LogP contribution in [0.25, 0.3) is 0 Å². The fraction of sp³-hybridized carbons (Fsp3) is 0.259. The molecule has 0 aromatic heterocycles. The molecular weight excluding hydrogens is 498 g/mol. The van der Waals surface area contributed by atoms with Gasteiger partial charge in [0.2, 0.25) is 11.8 Å². The summed E-state index contributed by atoms with van der Waals surface area (Å²) in [6, 6.07) is 20.7. The van der Waals surface area contributed by atoms with Gasteiger partial charge in [-0.05, 0) is 54.3 Å². The van der Waals surface area contributed by atoms with Crippen LogP contribution in [0.4, 0.5) is 5.69 Å². The molecule has 1 heterocycles. The monoisotopic (exact) mass is 525 g/mol. The minimum atomic E-state index is -4.01. The lowest BCUT2D eigenvalue weighted by Crippen LogP contribution is -2.41. The molecule has 36 heavy (non-hydrogen) atoms. The summed E-state index contributed by atoms with van der Waals surface area (Å²) >= 11 is 6.26. The Hall–Kier alpha value is -3.36. The molecule has 3 aromatic rings. The van der Waals surface area contributed by atoms with Crippen molar-refractivity contribution in [1.29, 1.82) is 0 Å². The van der Waals surface area contributed by atoms with E-state index in [1.54, 1.807) is 43.3 Å². The molecule has 188 valence electrons. The van der Waals surface area contributed by atoms with Gasteiger partial charge in [-0.3, -0.25) is 13.9 Å². The molecule has 0 saturated carbocycles. The number of hydrogen-bond donors (Lipinski definition) is 1. The smallest absolute Gasteiger partial charge is 0.264 e. The molecule has 0 spiro atoms. The summed E-state index contributed by atoms with van der Waals surface area (Å²) in [6.45, 7) is 2.94. The predicted molar refractivity (Wildman–Crippen MR) is 140 cm³/mol. The van der Waals surface area contributed by atoms with E-state index in [4.69, 9.17) is 11.6 Å². The molecule has 4 rings (SSSR count). The lowest BCUT2D eigenvalue weighted by atomic mass is 10.1. The van der Waals surface area contributed by atoms with E-state index in [1.807, 2.05) is 29.2 Å². The SMILES string of the molecule is Cc1c(Cl)cccc1N(CC(=O)NCc1ccc(CN2CCCC2=O)cc1)S(=O)(=O)c1ccccc1. The highest BCUT2D eigenvalue weighted by molar-refractivity contribution is 7.92. The minimum absolute atomic E-state index is 0.0873. The number of anilines is 1. The molecule has 1 fully saturated rings. The zero-order valence-corrected chi connectivity index (χ0v) is 21.6. The number of carbonyl (C=O) groups is 2. The fourth-order valence-electron chi connectivity index (χ4n) is 4.13. The zero-order valence-electron chi connectivity index (χ0n) is 20.0. The van der Waals surface area contributed by atoms with Gasteiger partial charge < -0.3 is 10.2 Å². The molecule has 0 unspecified atom stereocenters. The van der Waals surface area contributed by atoms with E-state index in [1.165, 1.54) is 12.1 Å². The lowest BCUT2D eigenvalue weighted by molar-refractivity contribution is -0.128. The number of benzene rings is 3. The van der Waals surface area contributed by atoms with Crippen molar-refractivity contribution < 1.29 is 18.0 Å². The second kappa shape index (κ2) is 11.1. The Balaban J connectivity index is 1.46. The third-order valence-corrected chi connectivity index (χ3v) is 8.37. The van der Waals surface area contributed by atoms with Crippen molar-refractivity contribution in [3.8, 4) is 0 Å². The summed E-state index contributed by atoms with van der Waals surface area (Å²) in [5, 5.41) is 3.23. The Morgan fingerprint density at radius 2 is 1.69 bits per heavy atom. The molecule has 0 bridgehead atoms. The van der Waals surface area contributed by atoms with E-state index in [0.717, 1.165) is 28.4 Å². The molecule has 0 aliphatic carbocycles. The first-order valence-electron chi connectivity index (χ1n) is 11.7. The normalized spacial score (nSPS) is 13.6. The highest BCUT2D eigenvalue weighted by Crippen LogP contribution is 2.30. The van der Waals surface area contributed by atoms with Crippen molar-refractivity contribution >= 4 is 39.1 Å². The number of amides is 2. The third-order valence-electron chi connectivity index (χ3n) is 6.18. The summed E-state index contributed by atoms with van der Waals surface area (Å²) in [4.78, 5) is 26.7. The zero-order chi connectivity index (χ0) is 25.7. The molecule has 3 aromatic carbocycles. The number of nitrogens with zero attached hydrogens (tertiary/aromatic N) is 2. The van der Waals surface area contributed by atoms with Crippen LogP contribution >= 0.6 is 11.6 Å².